The zero-order valence-electron chi connectivity index (χ0n) is 9.04. The van der Waals surface area contributed by atoms with E-state index in [1.165, 1.54) is 12.8 Å². The first-order valence-corrected chi connectivity index (χ1v) is 7.23. The Morgan fingerprint density at radius 2 is 1.27 bits per heavy atom. The van der Waals surface area contributed by atoms with Crippen molar-refractivity contribution in [2.75, 3.05) is 0 Å². The Morgan fingerprint density at radius 1 is 0.867 bits per heavy atom. The average molecular weight is 289 g/mol. The van der Waals surface area contributed by atoms with Gasteiger partial charge in [-0.2, -0.15) is 0 Å². The van der Waals surface area contributed by atoms with Gasteiger partial charge in [0.05, 0.1) is 0 Å². The van der Waals surface area contributed by atoms with Crippen LogP contribution in [0.3, 0.4) is 0 Å². The van der Waals surface area contributed by atoms with Crippen LogP contribution in [-0.2, 0) is 23.2 Å². The van der Waals surface area contributed by atoms with Gasteiger partial charge in [0, 0.05) is 0 Å². The van der Waals surface area contributed by atoms with E-state index in [1.54, 1.807) is 17.7 Å². The molecule has 0 bridgehead atoms. The second-order valence-corrected chi connectivity index (χ2v) is 7.24. The van der Waals surface area contributed by atoms with Gasteiger partial charge in [-0.25, -0.2) is 0 Å². The molecule has 0 aromatic rings. The van der Waals surface area contributed by atoms with Crippen LogP contribution in [0.25, 0.3) is 0 Å². The zero-order valence-corrected chi connectivity index (χ0v) is 11.5. The molecule has 0 spiro atoms. The SMILES string of the molecule is CC1=[C]([Zr][C]2=C(C)C=CC2)CC=C1.F.F. The van der Waals surface area contributed by atoms with Crippen molar-refractivity contribution in [1.82, 2.24) is 0 Å². The average Bonchev–Trinajstić information content (AvgIpc) is 2.65. The van der Waals surface area contributed by atoms with E-state index >= 15 is 0 Å². The first kappa shape index (κ1) is 14.7. The van der Waals surface area contributed by atoms with Gasteiger partial charge in [-0.1, -0.05) is 0 Å². The Kier molecular flexibility index (Phi) is 6.20. The van der Waals surface area contributed by atoms with Gasteiger partial charge in [0.2, 0.25) is 0 Å². The van der Waals surface area contributed by atoms with Gasteiger partial charge in [0.1, 0.15) is 0 Å². The minimum atomic E-state index is -0.385. The van der Waals surface area contributed by atoms with Crippen molar-refractivity contribution < 1.29 is 32.6 Å². The Labute approximate surface area is 101 Å². The number of hydrogen-bond donors (Lipinski definition) is 0. The van der Waals surface area contributed by atoms with Crippen LogP contribution in [0.4, 0.5) is 9.41 Å². The van der Waals surface area contributed by atoms with Gasteiger partial charge in [0.25, 0.3) is 0 Å². The van der Waals surface area contributed by atoms with Crippen LogP contribution in [0, 0.1) is 0 Å². The molecule has 0 aromatic carbocycles. The minimum Gasteiger partial charge on any atom is -0.269 e. The first-order valence-electron chi connectivity index (χ1n) is 4.77. The van der Waals surface area contributed by atoms with E-state index in [0.29, 0.717) is 0 Å². The summed E-state index contributed by atoms with van der Waals surface area (Å²) < 4.78 is 3.56. The van der Waals surface area contributed by atoms with E-state index in [1.807, 2.05) is 0 Å². The van der Waals surface area contributed by atoms with E-state index in [0.717, 1.165) is 0 Å². The van der Waals surface area contributed by atoms with Gasteiger partial charge in [-0.05, 0) is 0 Å². The quantitative estimate of drug-likeness (QED) is 0.724. The van der Waals surface area contributed by atoms with Crippen molar-refractivity contribution in [2.24, 2.45) is 0 Å². The second kappa shape index (κ2) is 6.32. The van der Waals surface area contributed by atoms with E-state index in [-0.39, 0.29) is 32.6 Å². The maximum absolute atomic E-state index is 2.31. The molecule has 2 rings (SSSR count). The molecule has 0 saturated carbocycles. The third-order valence-corrected chi connectivity index (χ3v) is 7.06. The van der Waals surface area contributed by atoms with E-state index < -0.39 is 0 Å². The molecular weight excluding hydrogens is 273 g/mol. The van der Waals surface area contributed by atoms with Crippen LogP contribution >= 0.6 is 0 Å². The Hall–Kier alpha value is -0.297. The molecule has 82 valence electrons. The van der Waals surface area contributed by atoms with Gasteiger partial charge in [-0.15, -0.1) is 0 Å². The van der Waals surface area contributed by atoms with E-state index in [4.69, 9.17) is 0 Å². The predicted molar refractivity (Wildman–Crippen MR) is 57.9 cm³/mol. The second-order valence-electron chi connectivity index (χ2n) is 3.66. The molecule has 0 aromatic heterocycles. The van der Waals surface area contributed by atoms with Crippen LogP contribution < -0.4 is 0 Å². The third-order valence-electron chi connectivity index (χ3n) is 2.63. The topological polar surface area (TPSA) is 0 Å². The summed E-state index contributed by atoms with van der Waals surface area (Å²) in [5.41, 5.74) is 3.11. The molecule has 3 heteroatoms. The van der Waals surface area contributed by atoms with E-state index in [9.17, 15) is 0 Å². The zero-order chi connectivity index (χ0) is 9.26. The summed E-state index contributed by atoms with van der Waals surface area (Å²) in [5, 5.41) is 0. The number of halogens is 2. The Morgan fingerprint density at radius 3 is 1.53 bits per heavy atom. The number of allylic oxidation sites excluding steroid dienone is 8. The minimum absolute atomic E-state index is 0. The molecule has 0 atom stereocenters. The summed E-state index contributed by atoms with van der Waals surface area (Å²) >= 11 is -0.385. The fraction of sp³-hybridized carbons (Fsp3) is 0.333. The summed E-state index contributed by atoms with van der Waals surface area (Å²) in [6, 6.07) is 0. The van der Waals surface area contributed by atoms with Crippen molar-refractivity contribution >= 4 is 0 Å². The van der Waals surface area contributed by atoms with Crippen LogP contribution in [-0.4, -0.2) is 0 Å². The first-order chi connectivity index (χ1) is 6.27. The van der Waals surface area contributed by atoms with Crippen molar-refractivity contribution in [3.05, 3.63) is 42.0 Å². The summed E-state index contributed by atoms with van der Waals surface area (Å²) in [6.07, 6.45) is 11.7. The fourth-order valence-corrected chi connectivity index (χ4v) is 5.07. The van der Waals surface area contributed by atoms with Crippen LogP contribution in [0.15, 0.2) is 42.0 Å². The normalized spacial score (nSPS) is 18.0. The molecule has 0 amide bonds. The largest absolute Gasteiger partial charge is 0.269 e. The van der Waals surface area contributed by atoms with Crippen molar-refractivity contribution in [1.29, 1.82) is 0 Å². The Bertz CT molecular complexity index is 315. The van der Waals surface area contributed by atoms with E-state index in [2.05, 4.69) is 38.2 Å². The summed E-state index contributed by atoms with van der Waals surface area (Å²) in [5.74, 6) is 0. The molecule has 0 N–H and O–H groups in total. The standard InChI is InChI=1S/2C6H7.2FH.Zr/c2*1-6-4-2-3-5-6;;;/h2*2,4H,3H2,1H3;2*1H;. The number of rotatable bonds is 2. The van der Waals surface area contributed by atoms with Crippen LogP contribution in [0.2, 0.25) is 0 Å². The van der Waals surface area contributed by atoms with Gasteiger partial charge >= 0.3 is 91.9 Å². The molecule has 0 nitrogen and oxygen atoms in total. The van der Waals surface area contributed by atoms with Gasteiger partial charge < -0.3 is 0 Å². The molecule has 0 radical (unpaired) electrons. The summed E-state index contributed by atoms with van der Waals surface area (Å²) in [4.78, 5) is 0. The van der Waals surface area contributed by atoms with Crippen molar-refractivity contribution in [3.63, 3.8) is 0 Å². The maximum atomic E-state index is 2.31. The van der Waals surface area contributed by atoms with Crippen LogP contribution in [0.5, 0.6) is 0 Å². The third kappa shape index (κ3) is 3.34. The molecule has 0 unspecified atom stereocenters. The fourth-order valence-electron chi connectivity index (χ4n) is 1.71. The smallest absolute Gasteiger partial charge is 0.269 e. The van der Waals surface area contributed by atoms with Gasteiger partial charge in [-0.3, -0.25) is 9.41 Å². The molecule has 2 aliphatic rings. The van der Waals surface area contributed by atoms with Gasteiger partial charge in [0.15, 0.2) is 0 Å². The van der Waals surface area contributed by atoms with Crippen molar-refractivity contribution in [2.45, 2.75) is 26.7 Å². The summed E-state index contributed by atoms with van der Waals surface area (Å²) in [6.45, 7) is 4.52. The molecule has 0 aliphatic heterocycles. The number of hydrogen-bond acceptors (Lipinski definition) is 0. The summed E-state index contributed by atoms with van der Waals surface area (Å²) in [7, 11) is 0. The van der Waals surface area contributed by atoms with Crippen molar-refractivity contribution in [3.8, 4) is 0 Å². The Balaban J connectivity index is 0.000000980. The predicted octanol–water partition coefficient (Wildman–Crippen LogP) is 3.84. The molecule has 0 fully saturated rings. The molecule has 0 heterocycles. The monoisotopic (exact) mass is 288 g/mol. The molecule has 0 saturated heterocycles. The molecule has 2 aliphatic carbocycles. The molecular formula is C12H16F2Zr. The van der Waals surface area contributed by atoms with Crippen LogP contribution in [0.1, 0.15) is 26.7 Å². The molecule has 15 heavy (non-hydrogen) atoms. The maximum Gasteiger partial charge on any atom is -0.269 e.